The van der Waals surface area contributed by atoms with E-state index in [1.807, 2.05) is 51.3 Å². The average Bonchev–Trinajstić information content (AvgIpc) is 3.05. The van der Waals surface area contributed by atoms with Crippen LogP contribution < -0.4 is 5.32 Å². The van der Waals surface area contributed by atoms with Gasteiger partial charge in [0, 0.05) is 22.8 Å². The van der Waals surface area contributed by atoms with E-state index < -0.39 is 0 Å². The summed E-state index contributed by atoms with van der Waals surface area (Å²) in [6.07, 6.45) is 2.90. The summed E-state index contributed by atoms with van der Waals surface area (Å²) in [5.41, 5.74) is 3.79. The molecule has 2 heterocycles. The number of fused-ring (bicyclic) bond motifs is 1. The SMILES string of the molecule is CSc1nc2nc(C)c(CCC(=O)NC(C)c3ccccc3Cl)c(C)n2n1. The summed E-state index contributed by atoms with van der Waals surface area (Å²) >= 11 is 7.69. The largest absolute Gasteiger partial charge is 0.350 e. The third kappa shape index (κ3) is 4.25. The number of nitrogens with one attached hydrogen (secondary N) is 1. The molecule has 1 atom stereocenters. The van der Waals surface area contributed by atoms with Gasteiger partial charge in [0.05, 0.1) is 6.04 Å². The molecule has 0 aliphatic heterocycles. The number of rotatable bonds is 6. The lowest BCUT2D eigenvalue weighted by atomic mass is 10.1. The summed E-state index contributed by atoms with van der Waals surface area (Å²) < 4.78 is 1.75. The first kappa shape index (κ1) is 19.6. The van der Waals surface area contributed by atoms with Gasteiger partial charge < -0.3 is 5.32 Å². The first-order chi connectivity index (χ1) is 12.9. The van der Waals surface area contributed by atoms with E-state index in [2.05, 4.69) is 20.4 Å². The van der Waals surface area contributed by atoms with Crippen LogP contribution in [0.25, 0.3) is 5.78 Å². The minimum Gasteiger partial charge on any atom is -0.350 e. The van der Waals surface area contributed by atoms with Gasteiger partial charge in [-0.3, -0.25) is 4.79 Å². The molecule has 1 aromatic carbocycles. The lowest BCUT2D eigenvalue weighted by Gasteiger charge is -2.16. The Kier molecular flexibility index (Phi) is 6.01. The number of aryl methyl sites for hydroxylation is 2. The molecule has 8 heteroatoms. The Hall–Kier alpha value is -2.12. The summed E-state index contributed by atoms with van der Waals surface area (Å²) in [5.74, 6) is 0.569. The van der Waals surface area contributed by atoms with Gasteiger partial charge in [-0.25, -0.2) is 9.50 Å². The quantitative estimate of drug-likeness (QED) is 0.631. The number of halogens is 1. The molecule has 3 aromatic rings. The Morgan fingerprint density at radius 3 is 2.74 bits per heavy atom. The minimum atomic E-state index is -0.145. The van der Waals surface area contributed by atoms with Crippen LogP contribution in [0.1, 0.15) is 41.9 Å². The van der Waals surface area contributed by atoms with E-state index in [9.17, 15) is 4.79 Å². The van der Waals surface area contributed by atoms with Crippen molar-refractivity contribution in [2.75, 3.05) is 6.26 Å². The van der Waals surface area contributed by atoms with Crippen LogP contribution in [0, 0.1) is 13.8 Å². The zero-order chi connectivity index (χ0) is 19.6. The molecule has 0 bridgehead atoms. The minimum absolute atomic E-state index is 0.0234. The number of hydrogen-bond acceptors (Lipinski definition) is 5. The lowest BCUT2D eigenvalue weighted by molar-refractivity contribution is -0.121. The molecule has 0 saturated heterocycles. The number of carbonyl (C=O) groups excluding carboxylic acids is 1. The number of hydrogen-bond donors (Lipinski definition) is 1. The smallest absolute Gasteiger partial charge is 0.253 e. The first-order valence-electron chi connectivity index (χ1n) is 8.71. The molecular formula is C19H22ClN5OS. The van der Waals surface area contributed by atoms with Gasteiger partial charge in [-0.1, -0.05) is 41.6 Å². The fraction of sp³-hybridized carbons (Fsp3) is 0.368. The summed E-state index contributed by atoms with van der Waals surface area (Å²) in [6, 6.07) is 7.40. The number of amides is 1. The summed E-state index contributed by atoms with van der Waals surface area (Å²) in [4.78, 5) is 21.3. The molecule has 0 spiro atoms. The number of aromatic nitrogens is 4. The highest BCUT2D eigenvalue weighted by molar-refractivity contribution is 7.98. The molecule has 1 amide bonds. The van der Waals surface area contributed by atoms with Crippen molar-refractivity contribution in [3.05, 3.63) is 51.8 Å². The van der Waals surface area contributed by atoms with Gasteiger partial charge in [0.2, 0.25) is 11.1 Å². The van der Waals surface area contributed by atoms with Crippen molar-refractivity contribution in [1.82, 2.24) is 24.9 Å². The number of nitrogens with zero attached hydrogens (tertiary/aromatic N) is 4. The van der Waals surface area contributed by atoms with Gasteiger partial charge in [-0.2, -0.15) is 4.98 Å². The standard InChI is InChI=1S/C19H22ClN5OS/c1-11-14(13(3)25-18(22-11)23-19(24-25)27-4)9-10-17(26)21-12(2)15-7-5-6-8-16(15)20/h5-8,12H,9-10H2,1-4H3,(H,21,26). The van der Waals surface area contributed by atoms with E-state index in [0.717, 1.165) is 22.5 Å². The van der Waals surface area contributed by atoms with Crippen molar-refractivity contribution in [2.45, 2.75) is 44.8 Å². The Morgan fingerprint density at radius 2 is 2.04 bits per heavy atom. The second kappa shape index (κ2) is 8.27. The van der Waals surface area contributed by atoms with Crippen LogP contribution in [-0.2, 0) is 11.2 Å². The van der Waals surface area contributed by atoms with Crippen molar-refractivity contribution < 1.29 is 4.79 Å². The molecule has 0 saturated carbocycles. The summed E-state index contributed by atoms with van der Waals surface area (Å²) in [6.45, 7) is 5.86. The molecule has 0 aliphatic carbocycles. The second-order valence-corrected chi connectivity index (χ2v) is 7.56. The molecule has 6 nitrogen and oxygen atoms in total. The Bertz CT molecular complexity index is 988. The molecule has 142 valence electrons. The molecular weight excluding hydrogens is 382 g/mol. The fourth-order valence-electron chi connectivity index (χ4n) is 3.09. The van der Waals surface area contributed by atoms with Crippen LogP contribution in [0.5, 0.6) is 0 Å². The monoisotopic (exact) mass is 403 g/mol. The van der Waals surface area contributed by atoms with E-state index >= 15 is 0 Å². The molecule has 0 aliphatic rings. The summed E-state index contributed by atoms with van der Waals surface area (Å²) in [7, 11) is 0. The normalized spacial score (nSPS) is 12.3. The van der Waals surface area contributed by atoms with Crippen molar-refractivity contribution in [3.8, 4) is 0 Å². The number of benzene rings is 1. The van der Waals surface area contributed by atoms with Crippen LogP contribution in [-0.4, -0.2) is 31.7 Å². The third-order valence-corrected chi connectivity index (χ3v) is 5.45. The van der Waals surface area contributed by atoms with Crippen molar-refractivity contribution in [3.63, 3.8) is 0 Å². The van der Waals surface area contributed by atoms with Crippen LogP contribution in [0.3, 0.4) is 0 Å². The molecule has 27 heavy (non-hydrogen) atoms. The molecule has 0 fully saturated rings. The van der Waals surface area contributed by atoms with Crippen LogP contribution in [0.15, 0.2) is 29.4 Å². The Balaban J connectivity index is 1.71. The van der Waals surface area contributed by atoms with E-state index in [1.165, 1.54) is 11.8 Å². The molecule has 3 rings (SSSR count). The molecule has 2 aromatic heterocycles. The highest BCUT2D eigenvalue weighted by Gasteiger charge is 2.16. The maximum absolute atomic E-state index is 12.4. The first-order valence-corrected chi connectivity index (χ1v) is 10.3. The van der Waals surface area contributed by atoms with Gasteiger partial charge in [-0.15, -0.1) is 5.10 Å². The van der Waals surface area contributed by atoms with E-state index in [4.69, 9.17) is 11.6 Å². The van der Waals surface area contributed by atoms with E-state index in [1.54, 1.807) is 4.52 Å². The van der Waals surface area contributed by atoms with Crippen LogP contribution in [0.4, 0.5) is 0 Å². The highest BCUT2D eigenvalue weighted by atomic mass is 35.5. The van der Waals surface area contributed by atoms with Gasteiger partial charge in [0.25, 0.3) is 5.78 Å². The van der Waals surface area contributed by atoms with Gasteiger partial charge in [-0.05, 0) is 50.6 Å². The second-order valence-electron chi connectivity index (χ2n) is 6.38. The van der Waals surface area contributed by atoms with E-state index in [-0.39, 0.29) is 11.9 Å². The number of carbonyl (C=O) groups is 1. The fourth-order valence-corrected chi connectivity index (χ4v) is 3.73. The zero-order valence-electron chi connectivity index (χ0n) is 15.8. The van der Waals surface area contributed by atoms with E-state index in [0.29, 0.717) is 28.8 Å². The molecule has 1 N–H and O–H groups in total. The van der Waals surface area contributed by atoms with Crippen LogP contribution >= 0.6 is 23.4 Å². The zero-order valence-corrected chi connectivity index (χ0v) is 17.4. The number of thioether (sulfide) groups is 1. The Labute approximate surface area is 167 Å². The van der Waals surface area contributed by atoms with Gasteiger partial charge in [0.1, 0.15) is 0 Å². The van der Waals surface area contributed by atoms with Crippen molar-refractivity contribution in [2.24, 2.45) is 0 Å². The topological polar surface area (TPSA) is 72.2 Å². The lowest BCUT2D eigenvalue weighted by Crippen LogP contribution is -2.27. The average molecular weight is 404 g/mol. The van der Waals surface area contributed by atoms with Gasteiger partial charge >= 0.3 is 0 Å². The predicted molar refractivity (Wildman–Crippen MR) is 108 cm³/mol. The predicted octanol–water partition coefficient (Wildman–Crippen LogP) is 3.93. The summed E-state index contributed by atoms with van der Waals surface area (Å²) in [5, 5.41) is 8.81. The molecule has 1 unspecified atom stereocenters. The molecule has 0 radical (unpaired) electrons. The maximum atomic E-state index is 12.4. The third-order valence-electron chi connectivity index (χ3n) is 4.56. The van der Waals surface area contributed by atoms with Crippen molar-refractivity contribution >= 4 is 35.0 Å². The maximum Gasteiger partial charge on any atom is 0.253 e. The Morgan fingerprint density at radius 1 is 1.30 bits per heavy atom. The van der Waals surface area contributed by atoms with Gasteiger partial charge in [0.15, 0.2) is 0 Å². The van der Waals surface area contributed by atoms with Crippen molar-refractivity contribution in [1.29, 1.82) is 0 Å². The van der Waals surface area contributed by atoms with Crippen LogP contribution in [0.2, 0.25) is 5.02 Å². The highest BCUT2D eigenvalue weighted by Crippen LogP contribution is 2.22.